The molecular formula is C18H16ClN5O2. The average molecular weight is 370 g/mol. The Balaban J connectivity index is 1.65. The molecule has 3 aromatic rings. The Morgan fingerprint density at radius 3 is 2.85 bits per heavy atom. The summed E-state index contributed by atoms with van der Waals surface area (Å²) < 4.78 is 1.93. The van der Waals surface area contributed by atoms with Crippen LogP contribution in [0.2, 0.25) is 5.02 Å². The molecule has 8 heteroatoms. The Morgan fingerprint density at radius 1 is 1.23 bits per heavy atom. The van der Waals surface area contributed by atoms with Crippen LogP contribution in [0.25, 0.3) is 0 Å². The number of fused-ring (bicyclic) bond motifs is 1. The summed E-state index contributed by atoms with van der Waals surface area (Å²) in [7, 11) is 0. The topological polar surface area (TPSA) is 83.9 Å². The fourth-order valence-corrected chi connectivity index (χ4v) is 3.42. The summed E-state index contributed by atoms with van der Waals surface area (Å²) in [6.07, 6.45) is 3.15. The molecule has 0 unspecified atom stereocenters. The molecule has 2 aromatic heterocycles. The smallest absolute Gasteiger partial charge is 0.285 e. The van der Waals surface area contributed by atoms with E-state index in [1.54, 1.807) is 6.20 Å². The van der Waals surface area contributed by atoms with Gasteiger partial charge in [-0.05, 0) is 12.5 Å². The van der Waals surface area contributed by atoms with E-state index in [-0.39, 0.29) is 10.8 Å². The molecule has 1 aromatic carbocycles. The number of H-pyrrole nitrogens is 1. The van der Waals surface area contributed by atoms with Gasteiger partial charge in [-0.3, -0.25) is 9.59 Å². The third-order valence-electron chi connectivity index (χ3n) is 4.60. The number of anilines is 1. The Bertz CT molecular complexity index is 1060. The normalized spacial score (nSPS) is 13.5. The fraction of sp³-hybridized carbons (Fsp3) is 0.222. The molecule has 0 amide bonds. The van der Waals surface area contributed by atoms with Gasteiger partial charge in [-0.2, -0.15) is 5.10 Å². The highest BCUT2D eigenvalue weighted by atomic mass is 35.5. The van der Waals surface area contributed by atoms with Crippen LogP contribution in [0, 0.1) is 6.92 Å². The van der Waals surface area contributed by atoms with Crippen LogP contribution in [0.3, 0.4) is 0 Å². The Kier molecular flexibility index (Phi) is 4.08. The van der Waals surface area contributed by atoms with Gasteiger partial charge in [0.05, 0.1) is 24.6 Å². The number of hydrogen-bond donors (Lipinski definition) is 1. The van der Waals surface area contributed by atoms with Crippen LogP contribution in [-0.2, 0) is 13.1 Å². The van der Waals surface area contributed by atoms with Crippen molar-refractivity contribution in [3.63, 3.8) is 0 Å². The lowest BCUT2D eigenvalue weighted by Crippen LogP contribution is -2.36. The van der Waals surface area contributed by atoms with Crippen LogP contribution < -0.4 is 10.5 Å². The van der Waals surface area contributed by atoms with E-state index in [1.807, 2.05) is 40.7 Å². The van der Waals surface area contributed by atoms with Crippen molar-refractivity contribution in [1.29, 1.82) is 0 Å². The minimum Gasteiger partial charge on any atom is -0.360 e. The number of ketones is 1. The van der Waals surface area contributed by atoms with Gasteiger partial charge in [-0.1, -0.05) is 35.9 Å². The SMILES string of the molecule is Cc1ccccc1C(=O)c1cnc2n1CCN(c1cn[nH]c(=O)c1Cl)C2. The number of rotatable bonds is 3. The van der Waals surface area contributed by atoms with Gasteiger partial charge in [0.15, 0.2) is 0 Å². The Morgan fingerprint density at radius 2 is 2.04 bits per heavy atom. The average Bonchev–Trinajstić information content (AvgIpc) is 3.07. The van der Waals surface area contributed by atoms with Crippen LogP contribution >= 0.6 is 11.6 Å². The van der Waals surface area contributed by atoms with Crippen molar-refractivity contribution in [2.45, 2.75) is 20.0 Å². The zero-order valence-corrected chi connectivity index (χ0v) is 14.8. The molecule has 1 N–H and O–H groups in total. The number of carbonyl (C=O) groups is 1. The van der Waals surface area contributed by atoms with Gasteiger partial charge in [0.1, 0.15) is 16.5 Å². The molecular weight excluding hydrogens is 354 g/mol. The lowest BCUT2D eigenvalue weighted by atomic mass is 10.0. The molecule has 0 aliphatic carbocycles. The third-order valence-corrected chi connectivity index (χ3v) is 4.97. The quantitative estimate of drug-likeness (QED) is 0.715. The maximum Gasteiger partial charge on any atom is 0.285 e. The van der Waals surface area contributed by atoms with Crippen LogP contribution in [0.15, 0.2) is 41.5 Å². The summed E-state index contributed by atoms with van der Waals surface area (Å²) in [5.41, 5.74) is 2.33. The number of carbonyl (C=O) groups excluding carboxylic acids is 1. The third kappa shape index (κ3) is 2.70. The van der Waals surface area contributed by atoms with Gasteiger partial charge in [0.2, 0.25) is 5.78 Å². The van der Waals surface area contributed by atoms with E-state index in [1.165, 1.54) is 6.20 Å². The highest BCUT2D eigenvalue weighted by Gasteiger charge is 2.25. The monoisotopic (exact) mass is 369 g/mol. The molecule has 1 aliphatic rings. The molecule has 26 heavy (non-hydrogen) atoms. The van der Waals surface area contributed by atoms with Crippen molar-refractivity contribution in [2.75, 3.05) is 11.4 Å². The van der Waals surface area contributed by atoms with Gasteiger partial charge in [-0.25, -0.2) is 10.1 Å². The first-order chi connectivity index (χ1) is 12.6. The molecule has 0 radical (unpaired) electrons. The molecule has 1 aliphatic heterocycles. The lowest BCUT2D eigenvalue weighted by molar-refractivity contribution is 0.102. The van der Waals surface area contributed by atoms with Crippen molar-refractivity contribution in [2.24, 2.45) is 0 Å². The summed E-state index contributed by atoms with van der Waals surface area (Å²) in [5, 5.41) is 6.23. The second kappa shape index (κ2) is 6.42. The number of imidazole rings is 1. The highest BCUT2D eigenvalue weighted by Crippen LogP contribution is 2.26. The molecule has 0 spiro atoms. The maximum atomic E-state index is 12.9. The standard InChI is InChI=1S/C18H16ClN5O2/c1-11-4-2-3-5-12(11)17(25)14-8-20-15-10-23(6-7-24(14)15)13-9-21-22-18(26)16(13)19/h2-5,8-9H,6-7,10H2,1H3,(H,22,26). The van der Waals surface area contributed by atoms with Gasteiger partial charge >= 0.3 is 0 Å². The van der Waals surface area contributed by atoms with E-state index in [4.69, 9.17) is 11.6 Å². The van der Waals surface area contributed by atoms with Crippen molar-refractivity contribution in [3.05, 3.63) is 74.7 Å². The number of nitrogens with one attached hydrogen (secondary N) is 1. The largest absolute Gasteiger partial charge is 0.360 e. The first-order valence-corrected chi connectivity index (χ1v) is 8.57. The fourth-order valence-electron chi connectivity index (χ4n) is 3.21. The molecule has 0 saturated carbocycles. The van der Waals surface area contributed by atoms with Gasteiger partial charge < -0.3 is 9.47 Å². The number of benzene rings is 1. The number of aryl methyl sites for hydroxylation is 1. The van der Waals surface area contributed by atoms with Crippen LogP contribution in [0.1, 0.15) is 27.4 Å². The summed E-state index contributed by atoms with van der Waals surface area (Å²) in [6, 6.07) is 7.52. The molecule has 0 fully saturated rings. The molecule has 7 nitrogen and oxygen atoms in total. The van der Waals surface area contributed by atoms with E-state index < -0.39 is 5.56 Å². The molecule has 3 heterocycles. The Hall–Kier alpha value is -2.93. The van der Waals surface area contributed by atoms with Crippen LogP contribution in [0.5, 0.6) is 0 Å². The predicted octanol–water partition coefficient (Wildman–Crippen LogP) is 2.18. The first-order valence-electron chi connectivity index (χ1n) is 8.19. The molecule has 0 bridgehead atoms. The zero-order chi connectivity index (χ0) is 18.3. The van der Waals surface area contributed by atoms with Gasteiger partial charge in [0, 0.05) is 18.7 Å². The zero-order valence-electron chi connectivity index (χ0n) is 14.1. The van der Waals surface area contributed by atoms with E-state index in [0.717, 1.165) is 11.4 Å². The maximum absolute atomic E-state index is 12.9. The molecule has 132 valence electrons. The minimum absolute atomic E-state index is 0.0360. The van der Waals surface area contributed by atoms with Crippen molar-refractivity contribution in [3.8, 4) is 0 Å². The van der Waals surface area contributed by atoms with Crippen molar-refractivity contribution in [1.82, 2.24) is 19.7 Å². The second-order valence-electron chi connectivity index (χ2n) is 6.18. The summed E-state index contributed by atoms with van der Waals surface area (Å²) in [5.74, 6) is 0.718. The first kappa shape index (κ1) is 16.5. The Labute approximate surface area is 154 Å². The summed E-state index contributed by atoms with van der Waals surface area (Å²) in [4.78, 5) is 30.9. The molecule has 0 saturated heterocycles. The summed E-state index contributed by atoms with van der Waals surface area (Å²) >= 11 is 6.10. The number of halogens is 1. The summed E-state index contributed by atoms with van der Waals surface area (Å²) in [6.45, 7) is 3.55. The van der Waals surface area contributed by atoms with E-state index in [2.05, 4.69) is 15.2 Å². The number of aromatic amines is 1. The molecule has 0 atom stereocenters. The van der Waals surface area contributed by atoms with Crippen LogP contribution in [-0.4, -0.2) is 32.1 Å². The predicted molar refractivity (Wildman–Crippen MR) is 97.8 cm³/mol. The van der Waals surface area contributed by atoms with E-state index >= 15 is 0 Å². The number of hydrogen-bond acceptors (Lipinski definition) is 5. The molecule has 4 rings (SSSR count). The lowest BCUT2D eigenvalue weighted by Gasteiger charge is -2.30. The number of nitrogens with zero attached hydrogens (tertiary/aromatic N) is 4. The van der Waals surface area contributed by atoms with E-state index in [0.29, 0.717) is 36.6 Å². The highest BCUT2D eigenvalue weighted by molar-refractivity contribution is 6.33. The van der Waals surface area contributed by atoms with Gasteiger partial charge in [0.25, 0.3) is 5.56 Å². The van der Waals surface area contributed by atoms with Gasteiger partial charge in [-0.15, -0.1) is 0 Å². The van der Waals surface area contributed by atoms with Crippen LogP contribution in [0.4, 0.5) is 5.69 Å². The number of aromatic nitrogens is 4. The second-order valence-corrected chi connectivity index (χ2v) is 6.55. The van der Waals surface area contributed by atoms with Crippen molar-refractivity contribution >= 4 is 23.1 Å². The minimum atomic E-state index is -0.423. The van der Waals surface area contributed by atoms with E-state index in [9.17, 15) is 9.59 Å². The van der Waals surface area contributed by atoms with Crippen molar-refractivity contribution < 1.29 is 4.79 Å².